The highest BCUT2D eigenvalue weighted by Gasteiger charge is 2.34. The quantitative estimate of drug-likeness (QED) is 0.806. The van der Waals surface area contributed by atoms with Gasteiger partial charge in [-0.3, -0.25) is 4.79 Å². The summed E-state index contributed by atoms with van der Waals surface area (Å²) < 4.78 is 0. The van der Waals surface area contributed by atoms with E-state index in [1.807, 2.05) is 6.07 Å². The van der Waals surface area contributed by atoms with Crippen LogP contribution in [0.1, 0.15) is 24.8 Å². The second kappa shape index (κ2) is 4.06. The number of anilines is 1. The molecule has 1 saturated heterocycles. The molecule has 1 aromatic carbocycles. The van der Waals surface area contributed by atoms with E-state index >= 15 is 0 Å². The van der Waals surface area contributed by atoms with Crippen LogP contribution in [0.5, 0.6) is 0 Å². The van der Waals surface area contributed by atoms with Crippen LogP contribution < -0.4 is 4.90 Å². The van der Waals surface area contributed by atoms with Gasteiger partial charge in [0.05, 0.1) is 5.92 Å². The van der Waals surface area contributed by atoms with Gasteiger partial charge in [0.1, 0.15) is 0 Å². The van der Waals surface area contributed by atoms with E-state index in [0.717, 1.165) is 19.3 Å². The Kier molecular flexibility index (Phi) is 2.54. The van der Waals surface area contributed by atoms with E-state index in [1.165, 1.54) is 17.7 Å². The lowest BCUT2D eigenvalue weighted by Crippen LogP contribution is -2.48. The summed E-state index contributed by atoms with van der Waals surface area (Å²) in [5, 5.41) is 9.15. The van der Waals surface area contributed by atoms with Crippen molar-refractivity contribution in [1.82, 2.24) is 0 Å². The van der Waals surface area contributed by atoms with Crippen LogP contribution in [-0.4, -0.2) is 23.7 Å². The van der Waals surface area contributed by atoms with Crippen molar-refractivity contribution in [2.75, 3.05) is 11.4 Å². The monoisotopic (exact) mass is 231 g/mol. The van der Waals surface area contributed by atoms with E-state index in [1.54, 1.807) is 0 Å². The Morgan fingerprint density at radius 1 is 1.24 bits per heavy atom. The number of benzene rings is 1. The van der Waals surface area contributed by atoms with Gasteiger partial charge in [-0.25, -0.2) is 0 Å². The molecule has 2 heterocycles. The highest BCUT2D eigenvalue weighted by atomic mass is 16.4. The number of para-hydroxylation sites is 1. The topological polar surface area (TPSA) is 40.5 Å². The van der Waals surface area contributed by atoms with Crippen molar-refractivity contribution in [3.05, 3.63) is 29.8 Å². The van der Waals surface area contributed by atoms with Gasteiger partial charge in [-0.15, -0.1) is 0 Å². The maximum Gasteiger partial charge on any atom is 0.308 e. The molecule has 3 heteroatoms. The second-order valence-electron chi connectivity index (χ2n) is 5.09. The zero-order valence-corrected chi connectivity index (χ0v) is 9.80. The lowest BCUT2D eigenvalue weighted by Gasteiger charge is -2.44. The molecular weight excluding hydrogens is 214 g/mol. The number of nitrogens with zero attached hydrogens (tertiary/aromatic N) is 1. The summed E-state index contributed by atoms with van der Waals surface area (Å²) in [5.74, 6) is -0.844. The average molecular weight is 231 g/mol. The number of hydrogen-bond donors (Lipinski definition) is 1. The van der Waals surface area contributed by atoms with Gasteiger partial charge in [0.2, 0.25) is 0 Å². The molecule has 0 bridgehead atoms. The molecule has 1 N–H and O–H groups in total. The van der Waals surface area contributed by atoms with Crippen molar-refractivity contribution in [3.8, 4) is 0 Å². The molecule has 2 unspecified atom stereocenters. The van der Waals surface area contributed by atoms with Crippen molar-refractivity contribution in [2.45, 2.75) is 31.7 Å². The predicted octanol–water partition coefficient (Wildman–Crippen LogP) is 2.30. The van der Waals surface area contributed by atoms with Crippen LogP contribution in [0.4, 0.5) is 5.69 Å². The molecule has 0 radical (unpaired) electrons. The highest BCUT2D eigenvalue weighted by molar-refractivity contribution is 5.72. The number of hydrogen-bond acceptors (Lipinski definition) is 2. The molecule has 1 aromatic rings. The van der Waals surface area contributed by atoms with Crippen LogP contribution in [-0.2, 0) is 11.2 Å². The first kappa shape index (κ1) is 10.6. The SMILES string of the molecule is O=C(O)C1CCC2CCc3ccccc3N2C1. The Balaban J connectivity index is 1.91. The standard InChI is InChI=1S/C14H17NO2/c16-14(17)11-6-8-12-7-5-10-3-1-2-4-13(10)15(12)9-11/h1-4,11-12H,5-9H2,(H,16,17). The van der Waals surface area contributed by atoms with E-state index < -0.39 is 5.97 Å². The number of fused-ring (bicyclic) bond motifs is 3. The van der Waals surface area contributed by atoms with Gasteiger partial charge in [0, 0.05) is 18.3 Å². The minimum absolute atomic E-state index is 0.197. The van der Waals surface area contributed by atoms with Gasteiger partial charge in [-0.1, -0.05) is 18.2 Å². The van der Waals surface area contributed by atoms with Gasteiger partial charge < -0.3 is 10.0 Å². The minimum atomic E-state index is -0.647. The lowest BCUT2D eigenvalue weighted by atomic mass is 9.85. The third-order valence-corrected chi connectivity index (χ3v) is 4.10. The van der Waals surface area contributed by atoms with Crippen LogP contribution in [0.15, 0.2) is 24.3 Å². The second-order valence-corrected chi connectivity index (χ2v) is 5.09. The maximum absolute atomic E-state index is 11.1. The van der Waals surface area contributed by atoms with Crippen molar-refractivity contribution in [2.24, 2.45) is 5.92 Å². The molecule has 0 saturated carbocycles. The third-order valence-electron chi connectivity index (χ3n) is 4.10. The van der Waals surface area contributed by atoms with Crippen molar-refractivity contribution >= 4 is 11.7 Å². The fraction of sp³-hybridized carbons (Fsp3) is 0.500. The Labute approximate surface area is 101 Å². The zero-order valence-electron chi connectivity index (χ0n) is 9.80. The van der Waals surface area contributed by atoms with Crippen LogP contribution in [0.3, 0.4) is 0 Å². The van der Waals surface area contributed by atoms with Crippen molar-refractivity contribution < 1.29 is 9.90 Å². The zero-order chi connectivity index (χ0) is 11.8. The van der Waals surface area contributed by atoms with Gasteiger partial charge in [-0.2, -0.15) is 0 Å². The molecule has 0 spiro atoms. The van der Waals surface area contributed by atoms with E-state index in [9.17, 15) is 4.79 Å². The Hall–Kier alpha value is -1.51. The number of carboxylic acid groups (broad SMARTS) is 1. The van der Waals surface area contributed by atoms with E-state index in [-0.39, 0.29) is 5.92 Å². The van der Waals surface area contributed by atoms with Gasteiger partial charge in [-0.05, 0) is 37.3 Å². The summed E-state index contributed by atoms with van der Waals surface area (Å²) in [6, 6.07) is 8.96. The Bertz CT molecular complexity index is 444. The van der Waals surface area contributed by atoms with Crippen LogP contribution >= 0.6 is 0 Å². The smallest absolute Gasteiger partial charge is 0.308 e. The first-order valence-electron chi connectivity index (χ1n) is 6.33. The summed E-state index contributed by atoms with van der Waals surface area (Å²) >= 11 is 0. The fourth-order valence-corrected chi connectivity index (χ4v) is 3.15. The molecule has 2 atom stereocenters. The van der Waals surface area contributed by atoms with Crippen molar-refractivity contribution in [1.29, 1.82) is 0 Å². The van der Waals surface area contributed by atoms with Gasteiger partial charge in [0.25, 0.3) is 0 Å². The maximum atomic E-state index is 11.1. The highest BCUT2D eigenvalue weighted by Crippen LogP contribution is 2.36. The Morgan fingerprint density at radius 2 is 2.06 bits per heavy atom. The van der Waals surface area contributed by atoms with Crippen molar-refractivity contribution in [3.63, 3.8) is 0 Å². The summed E-state index contributed by atoms with van der Waals surface area (Å²) in [6.07, 6.45) is 4.16. The van der Waals surface area contributed by atoms with Gasteiger partial charge in [0.15, 0.2) is 0 Å². The molecule has 3 nitrogen and oxygen atoms in total. The number of carboxylic acids is 1. The number of rotatable bonds is 1. The molecule has 0 aromatic heterocycles. The normalized spacial score (nSPS) is 27.2. The average Bonchev–Trinajstić information content (AvgIpc) is 2.38. The molecule has 1 fully saturated rings. The van der Waals surface area contributed by atoms with Crippen LogP contribution in [0.2, 0.25) is 0 Å². The summed E-state index contributed by atoms with van der Waals surface area (Å²) in [6.45, 7) is 0.678. The predicted molar refractivity (Wildman–Crippen MR) is 66.3 cm³/mol. The molecule has 90 valence electrons. The Morgan fingerprint density at radius 3 is 2.88 bits per heavy atom. The van der Waals surface area contributed by atoms with Gasteiger partial charge >= 0.3 is 5.97 Å². The first-order chi connectivity index (χ1) is 8.25. The fourth-order valence-electron chi connectivity index (χ4n) is 3.15. The van der Waals surface area contributed by atoms with Crippen LogP contribution in [0, 0.1) is 5.92 Å². The number of carbonyl (C=O) groups is 1. The molecule has 2 aliphatic heterocycles. The summed E-state index contributed by atoms with van der Waals surface area (Å²) in [7, 11) is 0. The molecule has 3 rings (SSSR count). The number of aliphatic carboxylic acids is 1. The molecular formula is C14H17NO2. The molecule has 2 aliphatic rings. The van der Waals surface area contributed by atoms with E-state index in [2.05, 4.69) is 23.1 Å². The number of aryl methyl sites for hydroxylation is 1. The minimum Gasteiger partial charge on any atom is -0.481 e. The largest absolute Gasteiger partial charge is 0.481 e. The number of piperidine rings is 1. The lowest BCUT2D eigenvalue weighted by molar-refractivity contribution is -0.142. The summed E-state index contributed by atoms with van der Waals surface area (Å²) in [5.41, 5.74) is 2.63. The molecule has 0 amide bonds. The third kappa shape index (κ3) is 1.79. The molecule has 17 heavy (non-hydrogen) atoms. The van der Waals surface area contributed by atoms with Crippen LogP contribution in [0.25, 0.3) is 0 Å². The van der Waals surface area contributed by atoms with E-state index in [0.29, 0.717) is 12.6 Å². The molecule has 0 aliphatic carbocycles. The van der Waals surface area contributed by atoms with E-state index in [4.69, 9.17) is 5.11 Å². The summed E-state index contributed by atoms with van der Waals surface area (Å²) in [4.78, 5) is 13.4. The first-order valence-corrected chi connectivity index (χ1v) is 6.33.